The van der Waals surface area contributed by atoms with Gasteiger partial charge in [-0.15, -0.1) is 0 Å². The van der Waals surface area contributed by atoms with Crippen LogP contribution in [0.25, 0.3) is 0 Å². The molecule has 5 N–H and O–H groups in total. The van der Waals surface area contributed by atoms with Crippen LogP contribution in [0.15, 0.2) is 12.2 Å². The lowest BCUT2D eigenvalue weighted by Crippen LogP contribution is -2.37. The number of aliphatic hydroxyl groups is 1. The summed E-state index contributed by atoms with van der Waals surface area (Å²) >= 11 is 0. The molecule has 0 aromatic carbocycles. The summed E-state index contributed by atoms with van der Waals surface area (Å²) in [6.07, 6.45) is 16.2. The molecule has 0 aromatic heterocycles. The Bertz CT molecular complexity index is 445. The fraction of sp³-hybridized carbons (Fsp3) is 0.889. The Morgan fingerprint density at radius 1 is 1.04 bits per heavy atom. The van der Waals surface area contributed by atoms with E-state index in [4.69, 9.17) is 18.3 Å². The lowest BCUT2D eigenvalue weighted by atomic mass is 10.1. The quantitative estimate of drug-likeness (QED) is 0.130. The topological polar surface area (TPSA) is 113 Å². The summed E-state index contributed by atoms with van der Waals surface area (Å²) in [6.45, 7) is -0.609. The van der Waals surface area contributed by atoms with Crippen molar-refractivity contribution in [3.05, 3.63) is 12.2 Å². The largest absolute Gasteiger partial charge is 0.469 e. The maximum Gasteiger partial charge on any atom is 0.469 e. The van der Waals surface area contributed by atoms with Crippen molar-refractivity contribution in [2.45, 2.75) is 96.1 Å². The first-order valence-electron chi connectivity index (χ1n) is 10.5. The minimum Gasteiger partial charge on any atom is -0.387 e. The van der Waals surface area contributed by atoms with E-state index in [2.05, 4.69) is 11.4 Å². The molecule has 0 aliphatic carbocycles. The number of hydrogen-bond donors (Lipinski definition) is 4. The van der Waals surface area contributed by atoms with Gasteiger partial charge in [-0.3, -0.25) is 4.52 Å². The SMILES string of the molecule is [2H][13C]([2H])(OP(=O)(O)O)[13C@@H](N)[C@H](O)/C=C/CCCCCCCCCCCCC. The Morgan fingerprint density at radius 2 is 1.52 bits per heavy atom. The molecule has 150 valence electrons. The molecule has 0 aromatic rings. The Morgan fingerprint density at radius 3 is 2.00 bits per heavy atom. The monoisotopic (exact) mass is 383 g/mol. The van der Waals surface area contributed by atoms with Crippen LogP contribution in [0.5, 0.6) is 0 Å². The molecule has 0 fully saturated rings. The summed E-state index contributed by atoms with van der Waals surface area (Å²) in [5, 5.41) is 9.84. The van der Waals surface area contributed by atoms with Gasteiger partial charge in [-0.25, -0.2) is 4.57 Å². The number of aliphatic hydroxyl groups excluding tert-OH is 1. The molecule has 0 aliphatic rings. The highest BCUT2D eigenvalue weighted by atomic mass is 31.2. The Labute approximate surface area is 155 Å². The Kier molecular flexibility index (Phi) is 13.5. The zero-order valence-electron chi connectivity index (χ0n) is 17.5. The molecule has 0 spiro atoms. The maximum absolute atomic E-state index is 10.7. The lowest BCUT2D eigenvalue weighted by molar-refractivity contribution is 0.129. The molecule has 0 rings (SSSR count). The van der Waals surface area contributed by atoms with Crippen molar-refractivity contribution in [2.75, 3.05) is 6.56 Å². The van der Waals surface area contributed by atoms with Gasteiger partial charge in [-0.1, -0.05) is 83.3 Å². The minimum absolute atomic E-state index is 0.739. The van der Waals surface area contributed by atoms with Gasteiger partial charge in [0.15, 0.2) is 0 Å². The maximum atomic E-state index is 10.7. The van der Waals surface area contributed by atoms with Crippen molar-refractivity contribution in [1.29, 1.82) is 0 Å². The zero-order chi connectivity index (χ0) is 20.8. The second-order valence-corrected chi connectivity index (χ2v) is 7.63. The third-order valence-electron chi connectivity index (χ3n) is 3.98. The fourth-order valence-electron chi connectivity index (χ4n) is 2.48. The number of phosphoric ester groups is 1. The molecule has 7 heteroatoms. The number of rotatable bonds is 17. The predicted molar refractivity (Wildman–Crippen MR) is 102 cm³/mol. The molecule has 0 bridgehead atoms. The second kappa shape index (κ2) is 16.0. The van der Waals surface area contributed by atoms with Crippen molar-refractivity contribution >= 4 is 7.82 Å². The summed E-state index contributed by atoms with van der Waals surface area (Å²) in [5.74, 6) is 0. The first kappa shape index (κ1) is 21.1. The first-order valence-corrected chi connectivity index (χ1v) is 11.0. The molecule has 25 heavy (non-hydrogen) atoms. The van der Waals surface area contributed by atoms with Gasteiger partial charge in [0, 0.05) is 0 Å². The third kappa shape index (κ3) is 18.4. The number of nitrogens with two attached hydrogens (primary N) is 1. The highest BCUT2D eigenvalue weighted by Gasteiger charge is 2.19. The molecule has 0 saturated heterocycles. The average molecular weight is 383 g/mol. The smallest absolute Gasteiger partial charge is 0.387 e. The standard InChI is InChI=1S/C18H38NO5P/c1-2-3-4-5-6-7-8-9-10-11-12-13-14-15-18(20)17(19)16-24-25(21,22)23/h14-15,17-18,20H,2-13,16,19H2,1H3,(H2,21,22,23)/b15-14+/t17-,18-/m1/s1/i16+1D2,17+1. The minimum atomic E-state index is -5.03. The van der Waals surface area contributed by atoms with Crippen LogP contribution in [0.2, 0.25) is 0 Å². The van der Waals surface area contributed by atoms with Crippen LogP contribution in [0.4, 0.5) is 0 Å². The molecule has 0 heterocycles. The molecule has 0 radical (unpaired) electrons. The lowest BCUT2D eigenvalue weighted by Gasteiger charge is -2.15. The zero-order valence-corrected chi connectivity index (χ0v) is 16.4. The van der Waals surface area contributed by atoms with E-state index in [0.717, 1.165) is 19.3 Å². The van der Waals surface area contributed by atoms with E-state index in [0.29, 0.717) is 0 Å². The Balaban J connectivity index is 3.77. The van der Waals surface area contributed by atoms with Gasteiger partial charge in [0.1, 0.15) is 0 Å². The Hall–Kier alpha value is -0.230. The van der Waals surface area contributed by atoms with Crippen LogP contribution in [0.1, 0.15) is 86.7 Å². The number of hydrogen-bond acceptors (Lipinski definition) is 4. The van der Waals surface area contributed by atoms with Gasteiger partial charge in [-0.2, -0.15) is 0 Å². The molecular formula is C18H38NO5P. The van der Waals surface area contributed by atoms with Gasteiger partial charge >= 0.3 is 7.82 Å². The molecular weight excluding hydrogens is 343 g/mol. The third-order valence-corrected chi connectivity index (χ3v) is 4.33. The van der Waals surface area contributed by atoms with Gasteiger partial charge in [0.2, 0.25) is 0 Å². The van der Waals surface area contributed by atoms with Crippen LogP contribution in [0.3, 0.4) is 0 Å². The highest BCUT2D eigenvalue weighted by Crippen LogP contribution is 2.35. The van der Waals surface area contributed by atoms with E-state index in [1.165, 1.54) is 63.9 Å². The summed E-state index contributed by atoms with van der Waals surface area (Å²) in [4.78, 5) is 17.4. The fourth-order valence-corrected chi connectivity index (χ4v) is 2.74. The summed E-state index contributed by atoms with van der Waals surface area (Å²) in [5.41, 5.74) is 5.50. The van der Waals surface area contributed by atoms with E-state index in [-0.39, 0.29) is 0 Å². The normalized spacial score (nSPS) is 16.7. The number of allylic oxidation sites excluding steroid dienone is 1. The van der Waals surface area contributed by atoms with Gasteiger partial charge in [-0.05, 0) is 12.8 Å². The van der Waals surface area contributed by atoms with Crippen LogP contribution in [-0.4, -0.2) is 33.6 Å². The van der Waals surface area contributed by atoms with Crippen molar-refractivity contribution in [3.8, 4) is 0 Å². The van der Waals surface area contributed by atoms with E-state index in [9.17, 15) is 9.67 Å². The van der Waals surface area contributed by atoms with Crippen LogP contribution in [-0.2, 0) is 9.09 Å². The first-order chi connectivity index (χ1) is 12.6. The van der Waals surface area contributed by atoms with Crippen molar-refractivity contribution in [1.82, 2.24) is 0 Å². The van der Waals surface area contributed by atoms with E-state index >= 15 is 0 Å². The highest BCUT2D eigenvalue weighted by molar-refractivity contribution is 7.46. The van der Waals surface area contributed by atoms with Crippen LogP contribution >= 0.6 is 7.82 Å². The summed E-state index contributed by atoms with van der Waals surface area (Å²) < 4.78 is 29.6. The number of phosphoric acid groups is 1. The van der Waals surface area contributed by atoms with Crippen LogP contribution < -0.4 is 5.73 Å². The van der Waals surface area contributed by atoms with Crippen molar-refractivity contribution in [3.63, 3.8) is 0 Å². The molecule has 0 amide bonds. The molecule has 0 saturated carbocycles. The molecule has 0 aliphatic heterocycles. The van der Waals surface area contributed by atoms with Crippen LogP contribution in [0, 0.1) is 0 Å². The van der Waals surface area contributed by atoms with Gasteiger partial charge < -0.3 is 20.6 Å². The summed E-state index contributed by atoms with van der Waals surface area (Å²) in [7, 11) is -5.03. The molecule has 0 unspecified atom stereocenters. The average Bonchev–Trinajstić information content (AvgIpc) is 2.56. The van der Waals surface area contributed by atoms with Crippen molar-refractivity contribution in [2.24, 2.45) is 5.73 Å². The van der Waals surface area contributed by atoms with E-state index in [1.54, 1.807) is 6.08 Å². The van der Waals surface area contributed by atoms with Gasteiger partial charge in [0.05, 0.1) is 21.4 Å². The van der Waals surface area contributed by atoms with E-state index in [1.807, 2.05) is 0 Å². The van der Waals surface area contributed by atoms with Crippen molar-refractivity contribution < 1.29 is 26.7 Å². The molecule has 6 nitrogen and oxygen atoms in total. The van der Waals surface area contributed by atoms with Gasteiger partial charge in [0.25, 0.3) is 0 Å². The predicted octanol–water partition coefficient (Wildman–Crippen LogP) is 4.04. The second-order valence-electron chi connectivity index (χ2n) is 6.47. The molecule has 2 atom stereocenters. The number of unbranched alkanes of at least 4 members (excludes halogenated alkanes) is 11. The summed E-state index contributed by atoms with van der Waals surface area (Å²) in [6, 6.07) is -1.60. The van der Waals surface area contributed by atoms with E-state index < -0.39 is 26.5 Å².